The Bertz CT molecular complexity index is 268. The second kappa shape index (κ2) is 6.59. The minimum absolute atomic E-state index is 0.387. The van der Waals surface area contributed by atoms with Gasteiger partial charge in [-0.15, -0.1) is 0 Å². The summed E-state index contributed by atoms with van der Waals surface area (Å²) in [6.07, 6.45) is 1.97. The summed E-state index contributed by atoms with van der Waals surface area (Å²) >= 11 is 0. The van der Waals surface area contributed by atoms with Crippen LogP contribution in [0.4, 0.5) is 0 Å². The summed E-state index contributed by atoms with van der Waals surface area (Å²) in [5, 5.41) is 13.1. The van der Waals surface area contributed by atoms with E-state index in [9.17, 15) is 5.11 Å². The van der Waals surface area contributed by atoms with Gasteiger partial charge in [-0.05, 0) is 25.5 Å². The minimum Gasteiger partial charge on any atom is -0.387 e. The zero-order valence-corrected chi connectivity index (χ0v) is 9.66. The number of benzene rings is 1. The van der Waals surface area contributed by atoms with Gasteiger partial charge in [0.2, 0.25) is 0 Å². The lowest BCUT2D eigenvalue weighted by atomic mass is 10.1. The molecular formula is C13H21NO. The molecule has 0 saturated heterocycles. The van der Waals surface area contributed by atoms with E-state index in [1.54, 1.807) is 0 Å². The molecule has 0 radical (unpaired) electrons. The Balaban J connectivity index is 2.33. The minimum atomic E-state index is -0.387. The average Bonchev–Trinajstić information content (AvgIpc) is 2.25. The van der Waals surface area contributed by atoms with Crippen molar-refractivity contribution in [3.8, 4) is 0 Å². The van der Waals surface area contributed by atoms with Gasteiger partial charge < -0.3 is 10.4 Å². The standard InChI is InChI=1S/C13H21NO/c1-3-4-9-14-10-13(15)12-7-5-11(2)6-8-12/h5-8,13-15H,3-4,9-10H2,1-2H3. The lowest BCUT2D eigenvalue weighted by Crippen LogP contribution is -2.22. The first-order chi connectivity index (χ1) is 7.24. The maximum absolute atomic E-state index is 9.85. The van der Waals surface area contributed by atoms with E-state index in [0.717, 1.165) is 12.1 Å². The first-order valence-electron chi connectivity index (χ1n) is 5.69. The largest absolute Gasteiger partial charge is 0.387 e. The van der Waals surface area contributed by atoms with Gasteiger partial charge in [0.1, 0.15) is 0 Å². The Kier molecular flexibility index (Phi) is 5.37. The van der Waals surface area contributed by atoms with E-state index in [2.05, 4.69) is 19.2 Å². The van der Waals surface area contributed by atoms with Gasteiger partial charge in [0.05, 0.1) is 6.10 Å². The van der Waals surface area contributed by atoms with E-state index in [0.29, 0.717) is 6.54 Å². The molecule has 0 heterocycles. The molecule has 0 saturated carbocycles. The number of aliphatic hydroxyl groups is 1. The molecule has 0 fully saturated rings. The van der Waals surface area contributed by atoms with E-state index < -0.39 is 0 Å². The van der Waals surface area contributed by atoms with E-state index in [-0.39, 0.29) is 6.10 Å². The molecule has 2 N–H and O–H groups in total. The van der Waals surface area contributed by atoms with Gasteiger partial charge in [-0.3, -0.25) is 0 Å². The number of aliphatic hydroxyl groups excluding tert-OH is 1. The lowest BCUT2D eigenvalue weighted by Gasteiger charge is -2.12. The van der Waals surface area contributed by atoms with Crippen LogP contribution in [-0.2, 0) is 0 Å². The molecule has 1 atom stereocenters. The fraction of sp³-hybridized carbons (Fsp3) is 0.538. The highest BCUT2D eigenvalue weighted by Crippen LogP contribution is 2.12. The third-order valence-corrected chi connectivity index (χ3v) is 2.51. The van der Waals surface area contributed by atoms with Gasteiger partial charge in [0.25, 0.3) is 0 Å². The zero-order chi connectivity index (χ0) is 11.1. The van der Waals surface area contributed by atoms with Gasteiger partial charge in [0.15, 0.2) is 0 Å². The fourth-order valence-electron chi connectivity index (χ4n) is 1.45. The van der Waals surface area contributed by atoms with Crippen LogP contribution in [0.2, 0.25) is 0 Å². The zero-order valence-electron chi connectivity index (χ0n) is 9.66. The van der Waals surface area contributed by atoms with Crippen LogP contribution in [-0.4, -0.2) is 18.2 Å². The van der Waals surface area contributed by atoms with Crippen LogP contribution in [0.25, 0.3) is 0 Å². The quantitative estimate of drug-likeness (QED) is 0.702. The van der Waals surface area contributed by atoms with Crippen LogP contribution in [0, 0.1) is 6.92 Å². The Morgan fingerprint density at radius 3 is 2.53 bits per heavy atom. The van der Waals surface area contributed by atoms with Gasteiger partial charge in [-0.25, -0.2) is 0 Å². The van der Waals surface area contributed by atoms with E-state index >= 15 is 0 Å². The lowest BCUT2D eigenvalue weighted by molar-refractivity contribution is 0.175. The second-order valence-electron chi connectivity index (χ2n) is 3.98. The predicted octanol–water partition coefficient (Wildman–Crippen LogP) is 2.42. The maximum Gasteiger partial charge on any atom is 0.0914 e. The number of hydrogen-bond acceptors (Lipinski definition) is 2. The average molecular weight is 207 g/mol. The fourth-order valence-corrected chi connectivity index (χ4v) is 1.45. The van der Waals surface area contributed by atoms with E-state index in [4.69, 9.17) is 0 Å². The van der Waals surface area contributed by atoms with Crippen molar-refractivity contribution < 1.29 is 5.11 Å². The molecular weight excluding hydrogens is 186 g/mol. The molecule has 1 unspecified atom stereocenters. The molecule has 84 valence electrons. The summed E-state index contributed by atoms with van der Waals surface area (Å²) in [5.41, 5.74) is 2.22. The summed E-state index contributed by atoms with van der Waals surface area (Å²) in [6, 6.07) is 8.04. The molecule has 1 aromatic carbocycles. The van der Waals surface area contributed by atoms with Gasteiger partial charge in [0, 0.05) is 6.54 Å². The third-order valence-electron chi connectivity index (χ3n) is 2.51. The summed E-state index contributed by atoms with van der Waals surface area (Å²) in [6.45, 7) is 5.84. The van der Waals surface area contributed by atoms with Gasteiger partial charge in [-0.2, -0.15) is 0 Å². The van der Waals surface area contributed by atoms with Crippen LogP contribution >= 0.6 is 0 Å². The number of unbranched alkanes of at least 4 members (excludes halogenated alkanes) is 1. The molecule has 0 bridgehead atoms. The van der Waals surface area contributed by atoms with Gasteiger partial charge >= 0.3 is 0 Å². The molecule has 0 aliphatic carbocycles. The topological polar surface area (TPSA) is 32.3 Å². The molecule has 0 amide bonds. The summed E-state index contributed by atoms with van der Waals surface area (Å²) < 4.78 is 0. The molecule has 0 aliphatic heterocycles. The highest BCUT2D eigenvalue weighted by molar-refractivity contribution is 5.23. The number of aryl methyl sites for hydroxylation is 1. The molecule has 2 heteroatoms. The Hall–Kier alpha value is -0.860. The van der Waals surface area contributed by atoms with Crippen LogP contribution in [0.3, 0.4) is 0 Å². The van der Waals surface area contributed by atoms with Crippen molar-refractivity contribution in [3.05, 3.63) is 35.4 Å². The van der Waals surface area contributed by atoms with Crippen LogP contribution in [0.15, 0.2) is 24.3 Å². The number of hydrogen-bond donors (Lipinski definition) is 2. The van der Waals surface area contributed by atoms with Gasteiger partial charge in [-0.1, -0.05) is 43.2 Å². The molecule has 15 heavy (non-hydrogen) atoms. The van der Waals surface area contributed by atoms with Crippen molar-refractivity contribution in [2.45, 2.75) is 32.8 Å². The Morgan fingerprint density at radius 2 is 1.93 bits per heavy atom. The van der Waals surface area contributed by atoms with Crippen molar-refractivity contribution in [1.29, 1.82) is 0 Å². The third kappa shape index (κ3) is 4.45. The Labute approximate surface area is 92.3 Å². The summed E-state index contributed by atoms with van der Waals surface area (Å²) in [7, 11) is 0. The normalized spacial score (nSPS) is 12.7. The highest BCUT2D eigenvalue weighted by atomic mass is 16.3. The van der Waals surface area contributed by atoms with E-state index in [1.807, 2.05) is 24.3 Å². The second-order valence-corrected chi connectivity index (χ2v) is 3.98. The van der Waals surface area contributed by atoms with Crippen molar-refractivity contribution in [2.24, 2.45) is 0 Å². The molecule has 0 aliphatic rings. The van der Waals surface area contributed by atoms with Crippen molar-refractivity contribution in [3.63, 3.8) is 0 Å². The van der Waals surface area contributed by atoms with Crippen LogP contribution in [0.5, 0.6) is 0 Å². The first kappa shape index (κ1) is 12.2. The van der Waals surface area contributed by atoms with Crippen molar-refractivity contribution in [1.82, 2.24) is 5.32 Å². The first-order valence-corrected chi connectivity index (χ1v) is 5.69. The SMILES string of the molecule is CCCCNCC(O)c1ccc(C)cc1. The predicted molar refractivity (Wildman–Crippen MR) is 63.9 cm³/mol. The van der Waals surface area contributed by atoms with Crippen molar-refractivity contribution >= 4 is 0 Å². The monoisotopic (exact) mass is 207 g/mol. The molecule has 2 nitrogen and oxygen atoms in total. The molecule has 1 rings (SSSR count). The molecule has 0 aromatic heterocycles. The number of nitrogens with one attached hydrogen (secondary N) is 1. The maximum atomic E-state index is 9.85. The summed E-state index contributed by atoms with van der Waals surface area (Å²) in [5.74, 6) is 0. The molecule has 1 aromatic rings. The van der Waals surface area contributed by atoms with Crippen LogP contribution in [0.1, 0.15) is 37.0 Å². The van der Waals surface area contributed by atoms with E-state index in [1.165, 1.54) is 18.4 Å². The highest BCUT2D eigenvalue weighted by Gasteiger charge is 2.05. The Morgan fingerprint density at radius 1 is 1.27 bits per heavy atom. The smallest absolute Gasteiger partial charge is 0.0914 e. The van der Waals surface area contributed by atoms with Crippen molar-refractivity contribution in [2.75, 3.05) is 13.1 Å². The summed E-state index contributed by atoms with van der Waals surface area (Å²) in [4.78, 5) is 0. The van der Waals surface area contributed by atoms with Crippen LogP contribution < -0.4 is 5.32 Å². The molecule has 0 spiro atoms. The number of rotatable bonds is 6.